The zero-order chi connectivity index (χ0) is 22.0. The summed E-state index contributed by atoms with van der Waals surface area (Å²) in [6.07, 6.45) is 0. The maximum Gasteiger partial charge on any atom is 0.338 e. The summed E-state index contributed by atoms with van der Waals surface area (Å²) in [6.45, 7) is 5.35. The van der Waals surface area contributed by atoms with Gasteiger partial charge in [-0.05, 0) is 38.5 Å². The second kappa shape index (κ2) is 8.83. The van der Waals surface area contributed by atoms with Gasteiger partial charge >= 0.3 is 11.9 Å². The van der Waals surface area contributed by atoms with Crippen LogP contribution in [0.3, 0.4) is 0 Å². The standard InChI is InChI=1S/C21H24N2O6S/c1-5-28-20(25)15-14(12-7-9-13(27-4)10-8-12)16(21(26)29-6-2)19-23(17(15)22)18(24)11(3)30-19/h7-11,14H,5-6,22H2,1-4H3/t11-,14-/m0/s1. The van der Waals surface area contributed by atoms with Crippen molar-refractivity contribution in [2.45, 2.75) is 31.9 Å². The van der Waals surface area contributed by atoms with Crippen LogP contribution in [0.15, 0.2) is 46.3 Å². The van der Waals surface area contributed by atoms with E-state index in [0.717, 1.165) is 0 Å². The number of methoxy groups -OCH3 is 1. The quantitative estimate of drug-likeness (QED) is 0.682. The van der Waals surface area contributed by atoms with Gasteiger partial charge in [-0.15, -0.1) is 0 Å². The Hall–Kier alpha value is -2.94. The number of hydrogen-bond acceptors (Lipinski definition) is 8. The molecule has 0 spiro atoms. The molecule has 0 unspecified atom stereocenters. The number of carbonyl (C=O) groups excluding carboxylic acids is 3. The molecule has 0 aromatic heterocycles. The fourth-order valence-electron chi connectivity index (χ4n) is 3.48. The lowest BCUT2D eigenvalue weighted by Gasteiger charge is -2.33. The van der Waals surface area contributed by atoms with E-state index in [0.29, 0.717) is 16.3 Å². The van der Waals surface area contributed by atoms with Crippen molar-refractivity contribution in [1.29, 1.82) is 0 Å². The molecule has 2 N–H and O–H groups in total. The van der Waals surface area contributed by atoms with Gasteiger partial charge < -0.3 is 19.9 Å². The van der Waals surface area contributed by atoms with Crippen molar-refractivity contribution in [3.63, 3.8) is 0 Å². The van der Waals surface area contributed by atoms with Crippen molar-refractivity contribution in [2.75, 3.05) is 20.3 Å². The highest BCUT2D eigenvalue weighted by atomic mass is 32.2. The lowest BCUT2D eigenvalue weighted by atomic mass is 9.82. The fourth-order valence-corrected chi connectivity index (χ4v) is 4.64. The van der Waals surface area contributed by atoms with Gasteiger partial charge in [-0.1, -0.05) is 23.9 Å². The molecule has 1 aromatic carbocycles. The molecule has 1 fully saturated rings. The summed E-state index contributed by atoms with van der Waals surface area (Å²) in [5.74, 6) is -1.85. The smallest absolute Gasteiger partial charge is 0.338 e. The van der Waals surface area contributed by atoms with E-state index in [1.54, 1.807) is 52.1 Å². The van der Waals surface area contributed by atoms with Crippen molar-refractivity contribution < 1.29 is 28.6 Å². The summed E-state index contributed by atoms with van der Waals surface area (Å²) >= 11 is 1.22. The molecule has 1 amide bonds. The van der Waals surface area contributed by atoms with E-state index in [1.165, 1.54) is 16.7 Å². The summed E-state index contributed by atoms with van der Waals surface area (Å²) < 4.78 is 15.7. The monoisotopic (exact) mass is 432 g/mol. The molecule has 2 atom stereocenters. The van der Waals surface area contributed by atoms with Gasteiger partial charge in [0.15, 0.2) is 0 Å². The first-order valence-corrected chi connectivity index (χ1v) is 10.5. The van der Waals surface area contributed by atoms with Crippen molar-refractivity contribution in [2.24, 2.45) is 5.73 Å². The molecule has 160 valence electrons. The minimum atomic E-state index is -0.842. The van der Waals surface area contributed by atoms with Gasteiger partial charge in [0.1, 0.15) is 11.6 Å². The third kappa shape index (κ3) is 3.65. The van der Waals surface area contributed by atoms with Gasteiger partial charge in [0.2, 0.25) is 5.91 Å². The molecule has 0 bridgehead atoms. The Kier molecular flexibility index (Phi) is 6.40. The fraction of sp³-hybridized carbons (Fsp3) is 0.381. The first-order valence-electron chi connectivity index (χ1n) is 9.58. The highest BCUT2D eigenvalue weighted by molar-refractivity contribution is 8.04. The van der Waals surface area contributed by atoms with Gasteiger partial charge in [-0.25, -0.2) is 9.59 Å². The van der Waals surface area contributed by atoms with Gasteiger partial charge in [0.05, 0.1) is 47.7 Å². The number of hydrogen-bond donors (Lipinski definition) is 1. The van der Waals surface area contributed by atoms with Crippen LogP contribution in [0.4, 0.5) is 0 Å². The second-order valence-corrected chi connectivity index (χ2v) is 7.93. The van der Waals surface area contributed by atoms with E-state index >= 15 is 0 Å². The SMILES string of the molecule is CCOC(=O)C1=C(N)N2C(=O)[C@H](C)SC2=C(C(=O)OCC)[C@H]1c1ccc(OC)cc1. The summed E-state index contributed by atoms with van der Waals surface area (Å²) in [5, 5.41) is -0.0710. The van der Waals surface area contributed by atoms with Crippen LogP contribution in [0.5, 0.6) is 5.75 Å². The molecular weight excluding hydrogens is 408 g/mol. The lowest BCUT2D eigenvalue weighted by molar-refractivity contribution is -0.139. The largest absolute Gasteiger partial charge is 0.497 e. The minimum absolute atomic E-state index is 0.0285. The van der Waals surface area contributed by atoms with E-state index in [9.17, 15) is 14.4 Å². The molecule has 9 heteroatoms. The van der Waals surface area contributed by atoms with Crippen LogP contribution in [0.25, 0.3) is 0 Å². The van der Waals surface area contributed by atoms with E-state index in [-0.39, 0.29) is 36.1 Å². The number of nitrogens with two attached hydrogens (primary N) is 1. The molecule has 1 aromatic rings. The Labute approximate surface area is 179 Å². The van der Waals surface area contributed by atoms with Crippen LogP contribution < -0.4 is 10.5 Å². The Balaban J connectivity index is 2.27. The van der Waals surface area contributed by atoms with Gasteiger partial charge in [-0.2, -0.15) is 0 Å². The van der Waals surface area contributed by atoms with Crippen LogP contribution in [0, 0.1) is 0 Å². The number of amides is 1. The summed E-state index contributed by atoms with van der Waals surface area (Å²) in [7, 11) is 1.55. The van der Waals surface area contributed by atoms with Crippen molar-refractivity contribution >= 4 is 29.6 Å². The number of esters is 2. The van der Waals surface area contributed by atoms with Crippen LogP contribution in [0.2, 0.25) is 0 Å². The first kappa shape index (κ1) is 21.8. The number of benzene rings is 1. The molecule has 30 heavy (non-hydrogen) atoms. The van der Waals surface area contributed by atoms with Crippen LogP contribution in [-0.2, 0) is 23.9 Å². The third-order valence-electron chi connectivity index (χ3n) is 4.82. The van der Waals surface area contributed by atoms with Crippen LogP contribution in [-0.4, -0.2) is 48.3 Å². The van der Waals surface area contributed by atoms with Crippen molar-refractivity contribution in [3.05, 3.63) is 51.8 Å². The molecule has 1 saturated heterocycles. The zero-order valence-corrected chi connectivity index (χ0v) is 18.1. The number of thioether (sulfide) groups is 1. The highest BCUT2D eigenvalue weighted by Gasteiger charge is 2.49. The number of nitrogens with zero attached hydrogens (tertiary/aromatic N) is 1. The van der Waals surface area contributed by atoms with Crippen LogP contribution in [0.1, 0.15) is 32.3 Å². The van der Waals surface area contributed by atoms with Crippen LogP contribution >= 0.6 is 11.8 Å². The highest BCUT2D eigenvalue weighted by Crippen LogP contribution is 2.49. The van der Waals surface area contributed by atoms with E-state index in [4.69, 9.17) is 19.9 Å². The topological polar surface area (TPSA) is 108 Å². The Morgan fingerprint density at radius 3 is 2.17 bits per heavy atom. The molecule has 2 heterocycles. The molecule has 2 aliphatic rings. The Morgan fingerprint density at radius 2 is 1.63 bits per heavy atom. The van der Waals surface area contributed by atoms with E-state index < -0.39 is 23.1 Å². The molecule has 0 aliphatic carbocycles. The summed E-state index contributed by atoms with van der Waals surface area (Å²) in [6, 6.07) is 6.94. The number of carbonyl (C=O) groups is 3. The second-order valence-electron chi connectivity index (χ2n) is 6.60. The third-order valence-corrected chi connectivity index (χ3v) is 6.01. The Morgan fingerprint density at radius 1 is 1.07 bits per heavy atom. The maximum atomic E-state index is 13.0. The molecule has 3 rings (SSSR count). The predicted octanol–water partition coefficient (Wildman–Crippen LogP) is 2.26. The molecule has 0 saturated carbocycles. The van der Waals surface area contributed by atoms with Gasteiger partial charge in [0.25, 0.3) is 0 Å². The average Bonchev–Trinajstić information content (AvgIpc) is 3.02. The molecule has 2 aliphatic heterocycles. The first-order chi connectivity index (χ1) is 14.3. The molecule has 0 radical (unpaired) electrons. The minimum Gasteiger partial charge on any atom is -0.497 e. The van der Waals surface area contributed by atoms with Gasteiger partial charge in [0, 0.05) is 0 Å². The summed E-state index contributed by atoms with van der Waals surface area (Å²) in [5.41, 5.74) is 7.19. The number of fused-ring (bicyclic) bond motifs is 1. The Bertz CT molecular complexity index is 937. The predicted molar refractivity (Wildman–Crippen MR) is 111 cm³/mol. The zero-order valence-electron chi connectivity index (χ0n) is 17.3. The normalized spacial score (nSPS) is 20.9. The van der Waals surface area contributed by atoms with Crippen molar-refractivity contribution in [3.8, 4) is 5.75 Å². The van der Waals surface area contributed by atoms with E-state index in [2.05, 4.69) is 0 Å². The van der Waals surface area contributed by atoms with E-state index in [1.807, 2.05) is 0 Å². The molecular formula is C21H24N2O6S. The maximum absolute atomic E-state index is 13.0. The van der Waals surface area contributed by atoms with Gasteiger partial charge in [-0.3, -0.25) is 9.69 Å². The average molecular weight is 432 g/mol. The number of ether oxygens (including phenoxy) is 3. The van der Waals surface area contributed by atoms with Crippen molar-refractivity contribution in [1.82, 2.24) is 4.90 Å². The number of rotatable bonds is 6. The molecule has 8 nitrogen and oxygen atoms in total. The lowest BCUT2D eigenvalue weighted by Crippen LogP contribution is -2.40. The summed E-state index contributed by atoms with van der Waals surface area (Å²) in [4.78, 5) is 39.9.